The minimum absolute atomic E-state index is 0.475. The first-order valence-corrected chi connectivity index (χ1v) is 8.06. The molecule has 1 aromatic carbocycles. The van der Waals surface area contributed by atoms with Crippen molar-refractivity contribution in [2.24, 2.45) is 7.05 Å². The molecule has 4 aromatic rings. The van der Waals surface area contributed by atoms with Gasteiger partial charge in [-0.15, -0.1) is 5.10 Å². The van der Waals surface area contributed by atoms with Crippen molar-refractivity contribution in [2.75, 3.05) is 0 Å². The Balaban J connectivity index is 1.80. The molecule has 3 aromatic heterocycles. The number of benzene rings is 1. The Bertz CT molecular complexity index is 995. The summed E-state index contributed by atoms with van der Waals surface area (Å²) in [5, 5.41) is 5.84. The molecule has 0 N–H and O–H groups in total. The van der Waals surface area contributed by atoms with E-state index in [4.69, 9.17) is 0 Å². The van der Waals surface area contributed by atoms with E-state index in [-0.39, 0.29) is 0 Å². The maximum absolute atomic E-state index is 4.58. The van der Waals surface area contributed by atoms with Crippen LogP contribution >= 0.6 is 0 Å². The number of nitrogens with zero attached hydrogens (tertiary/aromatic N) is 5. The lowest BCUT2D eigenvalue weighted by Crippen LogP contribution is -1.97. The van der Waals surface area contributed by atoms with Crippen molar-refractivity contribution in [1.29, 1.82) is 0 Å². The third-order valence-electron chi connectivity index (χ3n) is 4.28. The van der Waals surface area contributed by atoms with Crippen LogP contribution in [0.1, 0.15) is 25.3 Å². The van der Waals surface area contributed by atoms with Crippen LogP contribution in [0.25, 0.3) is 28.1 Å². The normalized spacial score (nSPS) is 11.5. The predicted octanol–water partition coefficient (Wildman–Crippen LogP) is 3.94. The quantitative estimate of drug-likeness (QED) is 0.575. The minimum Gasteiger partial charge on any atom is -0.350 e. The number of fused-ring (bicyclic) bond motifs is 1. The monoisotopic (exact) mass is 317 g/mol. The molecule has 0 amide bonds. The van der Waals surface area contributed by atoms with Crippen molar-refractivity contribution < 1.29 is 0 Å². The first kappa shape index (κ1) is 14.6. The largest absolute Gasteiger partial charge is 0.350 e. The van der Waals surface area contributed by atoms with E-state index in [1.165, 1.54) is 16.5 Å². The molecule has 0 aliphatic carbocycles. The molecule has 0 radical (unpaired) electrons. The Morgan fingerprint density at radius 2 is 1.92 bits per heavy atom. The van der Waals surface area contributed by atoms with Crippen LogP contribution in [0.2, 0.25) is 0 Å². The van der Waals surface area contributed by atoms with Crippen molar-refractivity contribution in [2.45, 2.75) is 19.8 Å². The average Bonchev–Trinajstić information content (AvgIpc) is 3.21. The Morgan fingerprint density at radius 1 is 1.04 bits per heavy atom. The smallest absolute Gasteiger partial charge is 0.181 e. The van der Waals surface area contributed by atoms with Crippen LogP contribution in [0.4, 0.5) is 0 Å². The first-order valence-electron chi connectivity index (χ1n) is 8.06. The van der Waals surface area contributed by atoms with Gasteiger partial charge in [0, 0.05) is 35.9 Å². The van der Waals surface area contributed by atoms with Crippen molar-refractivity contribution in [1.82, 2.24) is 24.3 Å². The maximum atomic E-state index is 4.58. The molecule has 5 heteroatoms. The van der Waals surface area contributed by atoms with Gasteiger partial charge >= 0.3 is 0 Å². The number of aryl methyl sites for hydroxylation is 1. The van der Waals surface area contributed by atoms with Crippen molar-refractivity contribution in [3.63, 3.8) is 0 Å². The van der Waals surface area contributed by atoms with Crippen molar-refractivity contribution >= 4 is 10.9 Å². The van der Waals surface area contributed by atoms with Gasteiger partial charge in [0.25, 0.3) is 0 Å². The summed E-state index contributed by atoms with van der Waals surface area (Å²) in [4.78, 5) is 8.76. The van der Waals surface area contributed by atoms with E-state index in [0.29, 0.717) is 11.7 Å². The van der Waals surface area contributed by atoms with Gasteiger partial charge in [-0.1, -0.05) is 19.9 Å². The van der Waals surface area contributed by atoms with E-state index in [1.807, 2.05) is 18.2 Å². The summed E-state index contributed by atoms with van der Waals surface area (Å²) in [7, 11) is 2.09. The molecule has 3 heterocycles. The Labute approximate surface area is 140 Å². The van der Waals surface area contributed by atoms with E-state index < -0.39 is 0 Å². The zero-order chi connectivity index (χ0) is 16.7. The van der Waals surface area contributed by atoms with Crippen LogP contribution in [-0.4, -0.2) is 24.3 Å². The van der Waals surface area contributed by atoms with Gasteiger partial charge in [0.2, 0.25) is 0 Å². The fourth-order valence-electron chi connectivity index (χ4n) is 3.02. The second-order valence-corrected chi connectivity index (χ2v) is 6.28. The van der Waals surface area contributed by atoms with Gasteiger partial charge in [0.15, 0.2) is 11.6 Å². The molecule has 0 spiro atoms. The minimum atomic E-state index is 0.475. The van der Waals surface area contributed by atoms with Gasteiger partial charge in [0.1, 0.15) is 6.33 Å². The molecule has 0 saturated heterocycles. The highest BCUT2D eigenvalue weighted by Gasteiger charge is 2.13. The molecular weight excluding hydrogens is 298 g/mol. The van der Waals surface area contributed by atoms with Gasteiger partial charge in [-0.25, -0.2) is 14.6 Å². The summed E-state index contributed by atoms with van der Waals surface area (Å²) < 4.78 is 3.88. The molecule has 0 bridgehead atoms. The van der Waals surface area contributed by atoms with Gasteiger partial charge < -0.3 is 4.57 Å². The van der Waals surface area contributed by atoms with E-state index in [1.54, 1.807) is 17.2 Å². The number of rotatable bonds is 3. The zero-order valence-corrected chi connectivity index (χ0v) is 14.0. The fourth-order valence-corrected chi connectivity index (χ4v) is 3.02. The van der Waals surface area contributed by atoms with Gasteiger partial charge in [0.05, 0.1) is 0 Å². The highest BCUT2D eigenvalue weighted by atomic mass is 15.4. The average molecular weight is 317 g/mol. The number of hydrogen-bond donors (Lipinski definition) is 0. The molecule has 0 aliphatic rings. The Kier molecular flexibility index (Phi) is 3.41. The third-order valence-corrected chi connectivity index (χ3v) is 4.28. The second-order valence-electron chi connectivity index (χ2n) is 6.28. The van der Waals surface area contributed by atoms with Crippen LogP contribution in [0, 0.1) is 0 Å². The molecule has 24 heavy (non-hydrogen) atoms. The Morgan fingerprint density at radius 3 is 2.67 bits per heavy atom. The van der Waals surface area contributed by atoms with E-state index >= 15 is 0 Å². The summed E-state index contributed by atoms with van der Waals surface area (Å²) in [5.41, 5.74) is 3.59. The molecule has 0 unspecified atom stereocenters. The van der Waals surface area contributed by atoms with E-state index in [9.17, 15) is 0 Å². The highest BCUT2D eigenvalue weighted by molar-refractivity contribution is 5.88. The van der Waals surface area contributed by atoms with Crippen molar-refractivity contribution in [3.8, 4) is 17.2 Å². The van der Waals surface area contributed by atoms with Gasteiger partial charge in [-0.05, 0) is 41.8 Å². The zero-order valence-electron chi connectivity index (χ0n) is 14.0. The number of hydrogen-bond acceptors (Lipinski definition) is 3. The van der Waals surface area contributed by atoms with Crippen LogP contribution in [0.5, 0.6) is 0 Å². The number of pyridine rings is 1. The summed E-state index contributed by atoms with van der Waals surface area (Å²) in [6, 6.07) is 12.1. The van der Waals surface area contributed by atoms with E-state index in [0.717, 1.165) is 11.4 Å². The molecule has 0 atom stereocenters. The van der Waals surface area contributed by atoms with Crippen LogP contribution in [0.15, 0.2) is 55.1 Å². The van der Waals surface area contributed by atoms with E-state index in [2.05, 4.69) is 64.9 Å². The first-order chi connectivity index (χ1) is 11.6. The lowest BCUT2D eigenvalue weighted by Gasteiger charge is -2.03. The summed E-state index contributed by atoms with van der Waals surface area (Å²) in [6.45, 7) is 4.44. The SMILES string of the molecule is CC(C)c1cn(C)c2ccc(-c3ncn(-c4ccccn4)n3)cc12. The van der Waals surface area contributed by atoms with Crippen molar-refractivity contribution in [3.05, 3.63) is 60.7 Å². The molecule has 0 aliphatic heterocycles. The van der Waals surface area contributed by atoms with Crippen LogP contribution < -0.4 is 0 Å². The molecule has 5 nitrogen and oxygen atoms in total. The fraction of sp³-hybridized carbons (Fsp3) is 0.211. The Hall–Kier alpha value is -2.95. The van der Waals surface area contributed by atoms with Crippen LogP contribution in [0.3, 0.4) is 0 Å². The molecule has 0 fully saturated rings. The maximum Gasteiger partial charge on any atom is 0.181 e. The highest BCUT2D eigenvalue weighted by Crippen LogP contribution is 2.30. The molecule has 120 valence electrons. The summed E-state index contributed by atoms with van der Waals surface area (Å²) in [5.74, 6) is 1.95. The molecule has 4 rings (SSSR count). The lowest BCUT2D eigenvalue weighted by molar-refractivity contribution is 0.848. The predicted molar refractivity (Wildman–Crippen MR) is 95.2 cm³/mol. The standard InChI is InChI=1S/C19H19N5/c1-13(2)16-11-23(3)17-8-7-14(10-15(16)17)19-21-12-24(22-19)18-6-4-5-9-20-18/h4-13H,1-3H3. The lowest BCUT2D eigenvalue weighted by atomic mass is 10.0. The van der Waals surface area contributed by atoms with Crippen LogP contribution in [-0.2, 0) is 7.05 Å². The van der Waals surface area contributed by atoms with Gasteiger partial charge in [-0.3, -0.25) is 0 Å². The topological polar surface area (TPSA) is 48.5 Å². The molecular formula is C19H19N5. The summed E-state index contributed by atoms with van der Waals surface area (Å²) in [6.07, 6.45) is 5.66. The van der Waals surface area contributed by atoms with Gasteiger partial charge in [-0.2, -0.15) is 0 Å². The second kappa shape index (κ2) is 5.60. The third kappa shape index (κ3) is 2.38. The number of aromatic nitrogens is 5. The molecule has 0 saturated carbocycles. The summed E-state index contributed by atoms with van der Waals surface area (Å²) >= 11 is 0.